The first-order valence-corrected chi connectivity index (χ1v) is 6.94. The van der Waals surface area contributed by atoms with Crippen LogP contribution in [0.4, 0.5) is 11.4 Å². The van der Waals surface area contributed by atoms with E-state index in [1.807, 2.05) is 18.2 Å². The van der Waals surface area contributed by atoms with Gasteiger partial charge < -0.3 is 10.6 Å². The van der Waals surface area contributed by atoms with Gasteiger partial charge in [-0.3, -0.25) is 4.79 Å². The molecule has 1 aromatic carbocycles. The molecule has 3 heteroatoms. The monoisotopic (exact) mass is 242 g/mol. The molecule has 2 atom stereocenters. The number of nitrogens with zero attached hydrogens (tertiary/aromatic N) is 1. The third kappa shape index (κ3) is 1.53. The molecule has 0 saturated heterocycles. The minimum atomic E-state index is 0.306. The lowest BCUT2D eigenvalue weighted by Crippen LogP contribution is -2.38. The smallest absolute Gasteiger partial charge is 0.227 e. The van der Waals surface area contributed by atoms with Gasteiger partial charge in [0.05, 0.1) is 0 Å². The van der Waals surface area contributed by atoms with Gasteiger partial charge in [-0.2, -0.15) is 0 Å². The summed E-state index contributed by atoms with van der Waals surface area (Å²) in [4.78, 5) is 14.3. The SMILES string of the molecule is Nc1ccc2c(c1)CCC(=O)N2C1CC1C1CC1. The molecular formula is C15H18N2O. The molecule has 0 radical (unpaired) electrons. The number of benzene rings is 1. The molecule has 2 unspecified atom stereocenters. The van der Waals surface area contributed by atoms with Crippen molar-refractivity contribution >= 4 is 17.3 Å². The van der Waals surface area contributed by atoms with Crippen LogP contribution in [0.25, 0.3) is 0 Å². The molecule has 4 rings (SSSR count). The summed E-state index contributed by atoms with van der Waals surface area (Å²) in [5.74, 6) is 1.99. The topological polar surface area (TPSA) is 46.3 Å². The fourth-order valence-corrected chi connectivity index (χ4v) is 3.43. The van der Waals surface area contributed by atoms with Crippen LogP contribution in [-0.2, 0) is 11.2 Å². The maximum Gasteiger partial charge on any atom is 0.227 e. The minimum absolute atomic E-state index is 0.306. The maximum atomic E-state index is 12.2. The van der Waals surface area contributed by atoms with Crippen molar-refractivity contribution in [3.8, 4) is 0 Å². The summed E-state index contributed by atoms with van der Waals surface area (Å²) in [6.07, 6.45) is 5.44. The summed E-state index contributed by atoms with van der Waals surface area (Å²) in [5.41, 5.74) is 9.00. The van der Waals surface area contributed by atoms with Crippen molar-refractivity contribution in [1.29, 1.82) is 0 Å². The van der Waals surface area contributed by atoms with E-state index in [1.54, 1.807) is 0 Å². The lowest BCUT2D eigenvalue weighted by Gasteiger charge is -2.30. The van der Waals surface area contributed by atoms with Crippen LogP contribution in [0.15, 0.2) is 18.2 Å². The van der Waals surface area contributed by atoms with Crippen molar-refractivity contribution in [2.24, 2.45) is 11.8 Å². The van der Waals surface area contributed by atoms with Crippen molar-refractivity contribution in [3.05, 3.63) is 23.8 Å². The molecule has 1 aromatic rings. The number of anilines is 2. The molecule has 18 heavy (non-hydrogen) atoms. The second-order valence-corrected chi connectivity index (χ2v) is 5.96. The highest BCUT2D eigenvalue weighted by molar-refractivity contribution is 5.97. The van der Waals surface area contributed by atoms with E-state index in [9.17, 15) is 4.79 Å². The summed E-state index contributed by atoms with van der Waals surface area (Å²) >= 11 is 0. The number of carbonyl (C=O) groups is 1. The van der Waals surface area contributed by atoms with Crippen LogP contribution in [0.2, 0.25) is 0 Å². The molecule has 3 aliphatic rings. The van der Waals surface area contributed by atoms with Crippen LogP contribution in [0, 0.1) is 11.8 Å². The zero-order valence-corrected chi connectivity index (χ0v) is 10.4. The molecule has 1 amide bonds. The molecule has 2 saturated carbocycles. The zero-order valence-electron chi connectivity index (χ0n) is 10.4. The predicted octanol–water partition coefficient (Wildman–Crippen LogP) is 2.35. The normalized spacial score (nSPS) is 30.2. The van der Waals surface area contributed by atoms with Gasteiger partial charge in [0.1, 0.15) is 0 Å². The lowest BCUT2D eigenvalue weighted by molar-refractivity contribution is -0.119. The standard InChI is InChI=1S/C15H18N2O/c16-11-4-5-13-10(7-11)3-6-15(18)17(13)14-8-12(14)9-1-2-9/h4-5,7,9,12,14H,1-3,6,8,16H2. The number of amides is 1. The number of nitrogens with two attached hydrogens (primary N) is 1. The van der Waals surface area contributed by atoms with Gasteiger partial charge in [0.25, 0.3) is 0 Å². The number of rotatable bonds is 2. The minimum Gasteiger partial charge on any atom is -0.399 e. The maximum absolute atomic E-state index is 12.2. The van der Waals surface area contributed by atoms with Gasteiger partial charge in [0, 0.05) is 23.8 Å². The van der Waals surface area contributed by atoms with Gasteiger partial charge in [0.15, 0.2) is 0 Å². The molecule has 0 spiro atoms. The van der Waals surface area contributed by atoms with Crippen molar-refractivity contribution < 1.29 is 4.79 Å². The molecular weight excluding hydrogens is 224 g/mol. The van der Waals surface area contributed by atoms with Crippen LogP contribution in [-0.4, -0.2) is 11.9 Å². The number of fused-ring (bicyclic) bond motifs is 1. The molecule has 0 aromatic heterocycles. The molecule has 3 nitrogen and oxygen atoms in total. The highest BCUT2D eigenvalue weighted by Crippen LogP contribution is 2.54. The third-order valence-corrected chi connectivity index (χ3v) is 4.60. The Bertz CT molecular complexity index is 521. The first kappa shape index (κ1) is 10.4. The fourth-order valence-electron chi connectivity index (χ4n) is 3.43. The summed E-state index contributed by atoms with van der Waals surface area (Å²) in [6, 6.07) is 6.46. The molecule has 94 valence electrons. The summed E-state index contributed by atoms with van der Waals surface area (Å²) in [7, 11) is 0. The summed E-state index contributed by atoms with van der Waals surface area (Å²) < 4.78 is 0. The van der Waals surface area contributed by atoms with Crippen LogP contribution in [0.1, 0.15) is 31.2 Å². The van der Waals surface area contributed by atoms with Crippen molar-refractivity contribution in [1.82, 2.24) is 0 Å². The Kier molecular flexibility index (Phi) is 2.02. The number of hydrogen-bond donors (Lipinski definition) is 1. The van der Waals surface area contributed by atoms with Crippen molar-refractivity contribution in [2.75, 3.05) is 10.6 Å². The lowest BCUT2D eigenvalue weighted by atomic mass is 10.00. The molecule has 2 fully saturated rings. The Morgan fingerprint density at radius 1 is 1.22 bits per heavy atom. The van der Waals surface area contributed by atoms with E-state index in [0.717, 1.165) is 29.6 Å². The summed E-state index contributed by atoms with van der Waals surface area (Å²) in [5, 5.41) is 0. The highest BCUT2D eigenvalue weighted by atomic mass is 16.2. The fraction of sp³-hybridized carbons (Fsp3) is 0.533. The molecule has 0 bridgehead atoms. The Morgan fingerprint density at radius 3 is 2.83 bits per heavy atom. The Labute approximate surface area is 107 Å². The van der Waals surface area contributed by atoms with Gasteiger partial charge in [-0.15, -0.1) is 0 Å². The zero-order chi connectivity index (χ0) is 12.3. The number of carbonyl (C=O) groups excluding carboxylic acids is 1. The molecule has 1 aliphatic heterocycles. The molecule has 2 N–H and O–H groups in total. The Hall–Kier alpha value is -1.51. The van der Waals surface area contributed by atoms with E-state index >= 15 is 0 Å². The first-order valence-electron chi connectivity index (χ1n) is 6.94. The summed E-state index contributed by atoms with van der Waals surface area (Å²) in [6.45, 7) is 0. The molecule has 2 aliphatic carbocycles. The second-order valence-electron chi connectivity index (χ2n) is 5.96. The highest BCUT2D eigenvalue weighted by Gasteiger charge is 2.52. The van der Waals surface area contributed by atoms with E-state index in [-0.39, 0.29) is 0 Å². The van der Waals surface area contributed by atoms with Gasteiger partial charge in [0.2, 0.25) is 5.91 Å². The molecule has 1 heterocycles. The van der Waals surface area contributed by atoms with Crippen LogP contribution < -0.4 is 10.6 Å². The van der Waals surface area contributed by atoms with Crippen molar-refractivity contribution in [2.45, 2.75) is 38.1 Å². The van der Waals surface area contributed by atoms with Gasteiger partial charge in [-0.05, 0) is 61.3 Å². The van der Waals surface area contributed by atoms with Crippen molar-refractivity contribution in [3.63, 3.8) is 0 Å². The van der Waals surface area contributed by atoms with Crippen LogP contribution in [0.5, 0.6) is 0 Å². The predicted molar refractivity (Wildman–Crippen MR) is 71.3 cm³/mol. The third-order valence-electron chi connectivity index (χ3n) is 4.60. The first-order chi connectivity index (χ1) is 8.74. The average Bonchev–Trinajstić information content (AvgIpc) is 3.21. The van der Waals surface area contributed by atoms with E-state index in [0.29, 0.717) is 18.4 Å². The van der Waals surface area contributed by atoms with Crippen LogP contribution >= 0.6 is 0 Å². The van der Waals surface area contributed by atoms with E-state index in [1.165, 1.54) is 24.8 Å². The van der Waals surface area contributed by atoms with E-state index < -0.39 is 0 Å². The van der Waals surface area contributed by atoms with Gasteiger partial charge in [-0.1, -0.05) is 0 Å². The Morgan fingerprint density at radius 2 is 2.06 bits per heavy atom. The van der Waals surface area contributed by atoms with Gasteiger partial charge in [-0.25, -0.2) is 0 Å². The second kappa shape index (κ2) is 3.50. The van der Waals surface area contributed by atoms with E-state index in [4.69, 9.17) is 5.73 Å². The van der Waals surface area contributed by atoms with Crippen LogP contribution in [0.3, 0.4) is 0 Å². The number of hydrogen-bond acceptors (Lipinski definition) is 2. The van der Waals surface area contributed by atoms with Gasteiger partial charge >= 0.3 is 0 Å². The average molecular weight is 242 g/mol. The quantitative estimate of drug-likeness (QED) is 0.809. The number of aryl methyl sites for hydroxylation is 1. The van der Waals surface area contributed by atoms with E-state index in [2.05, 4.69) is 4.90 Å². The Balaban J connectivity index is 1.68. The number of nitrogen functional groups attached to an aromatic ring is 1. The largest absolute Gasteiger partial charge is 0.399 e.